The van der Waals surface area contributed by atoms with Crippen molar-refractivity contribution >= 4 is 12.6 Å². The third-order valence-electron chi connectivity index (χ3n) is 3.53. The maximum Gasteiger partial charge on any atom is 0.0575 e. The zero-order valence-corrected chi connectivity index (χ0v) is 11.4. The van der Waals surface area contributed by atoms with E-state index in [0.717, 1.165) is 12.4 Å². The van der Waals surface area contributed by atoms with Gasteiger partial charge in [0, 0.05) is 0 Å². The number of rotatable bonds is 4. The van der Waals surface area contributed by atoms with Crippen molar-refractivity contribution in [2.24, 2.45) is 11.3 Å². The minimum atomic E-state index is 0.316. The summed E-state index contributed by atoms with van der Waals surface area (Å²) in [7, 11) is 0. The van der Waals surface area contributed by atoms with Gasteiger partial charge in [-0.3, -0.25) is 0 Å². The Balaban J connectivity index is 2.27. The van der Waals surface area contributed by atoms with Crippen molar-refractivity contribution in [1.29, 1.82) is 0 Å². The SMILES string of the molecule is CC(C)(C)C(CS)COC1CCCCC1. The molecule has 0 amide bonds. The predicted molar refractivity (Wildman–Crippen MR) is 69.6 cm³/mol. The van der Waals surface area contributed by atoms with Gasteiger partial charge in [-0.1, -0.05) is 40.0 Å². The van der Waals surface area contributed by atoms with Crippen LogP contribution in [0.2, 0.25) is 0 Å². The van der Waals surface area contributed by atoms with E-state index in [9.17, 15) is 0 Å². The molecule has 1 fully saturated rings. The second-order valence-electron chi connectivity index (χ2n) is 5.84. The molecule has 0 bridgehead atoms. The molecule has 1 nitrogen and oxygen atoms in total. The standard InChI is InChI=1S/C13H26OS/c1-13(2,3)11(10-15)9-14-12-7-5-4-6-8-12/h11-12,15H,4-10H2,1-3H3. The van der Waals surface area contributed by atoms with Crippen molar-refractivity contribution in [1.82, 2.24) is 0 Å². The molecule has 90 valence electrons. The highest BCUT2D eigenvalue weighted by atomic mass is 32.1. The third kappa shape index (κ3) is 4.78. The van der Waals surface area contributed by atoms with Gasteiger partial charge in [-0.15, -0.1) is 0 Å². The molecule has 1 aliphatic rings. The molecule has 0 spiro atoms. The van der Waals surface area contributed by atoms with Crippen LogP contribution < -0.4 is 0 Å². The number of hydrogen-bond acceptors (Lipinski definition) is 2. The quantitative estimate of drug-likeness (QED) is 0.720. The van der Waals surface area contributed by atoms with E-state index in [4.69, 9.17) is 4.74 Å². The monoisotopic (exact) mass is 230 g/mol. The molecule has 1 rings (SSSR count). The zero-order valence-electron chi connectivity index (χ0n) is 10.5. The Morgan fingerprint density at radius 2 is 1.80 bits per heavy atom. The van der Waals surface area contributed by atoms with Crippen molar-refractivity contribution in [2.75, 3.05) is 12.4 Å². The fourth-order valence-corrected chi connectivity index (χ4v) is 2.71. The summed E-state index contributed by atoms with van der Waals surface area (Å²) in [5.41, 5.74) is 0.316. The van der Waals surface area contributed by atoms with Gasteiger partial charge in [0.1, 0.15) is 0 Å². The molecule has 2 heteroatoms. The Hall–Kier alpha value is 0.310. The summed E-state index contributed by atoms with van der Waals surface area (Å²) in [5, 5.41) is 0. The lowest BCUT2D eigenvalue weighted by Crippen LogP contribution is -2.29. The molecule has 1 aliphatic carbocycles. The van der Waals surface area contributed by atoms with E-state index in [1.54, 1.807) is 0 Å². The molecule has 0 radical (unpaired) electrons. The Bertz CT molecular complexity index is 168. The summed E-state index contributed by atoms with van der Waals surface area (Å²) in [6, 6.07) is 0. The molecule has 0 aromatic rings. The van der Waals surface area contributed by atoms with Crippen molar-refractivity contribution in [3.05, 3.63) is 0 Å². The first-order chi connectivity index (χ1) is 7.04. The normalized spacial score (nSPS) is 21.6. The maximum absolute atomic E-state index is 6.01. The topological polar surface area (TPSA) is 9.23 Å². The molecule has 0 heterocycles. The first-order valence-corrected chi connectivity index (χ1v) is 6.89. The van der Waals surface area contributed by atoms with Crippen LogP contribution in [0.4, 0.5) is 0 Å². The Morgan fingerprint density at radius 3 is 2.27 bits per heavy atom. The molecule has 15 heavy (non-hydrogen) atoms. The lowest BCUT2D eigenvalue weighted by molar-refractivity contribution is -0.00838. The molecule has 0 aromatic carbocycles. The van der Waals surface area contributed by atoms with Crippen molar-refractivity contribution in [3.8, 4) is 0 Å². The molecule has 0 N–H and O–H groups in total. The Morgan fingerprint density at radius 1 is 1.20 bits per heavy atom. The first kappa shape index (κ1) is 13.4. The highest BCUT2D eigenvalue weighted by Gasteiger charge is 2.25. The predicted octanol–water partition coefficient (Wildman–Crippen LogP) is 3.93. The van der Waals surface area contributed by atoms with Gasteiger partial charge in [0.15, 0.2) is 0 Å². The van der Waals surface area contributed by atoms with Crippen LogP contribution >= 0.6 is 12.6 Å². The minimum Gasteiger partial charge on any atom is -0.378 e. The van der Waals surface area contributed by atoms with Gasteiger partial charge >= 0.3 is 0 Å². The van der Waals surface area contributed by atoms with E-state index in [0.29, 0.717) is 17.4 Å². The van der Waals surface area contributed by atoms with Crippen LogP contribution in [0.5, 0.6) is 0 Å². The van der Waals surface area contributed by atoms with Crippen LogP contribution in [-0.2, 0) is 4.74 Å². The summed E-state index contributed by atoms with van der Waals surface area (Å²) in [5.74, 6) is 1.50. The molecule has 0 aromatic heterocycles. The fraction of sp³-hybridized carbons (Fsp3) is 1.00. The van der Waals surface area contributed by atoms with E-state index < -0.39 is 0 Å². The second-order valence-corrected chi connectivity index (χ2v) is 6.20. The molecule has 0 saturated heterocycles. The molecular weight excluding hydrogens is 204 g/mol. The zero-order chi connectivity index (χ0) is 11.3. The summed E-state index contributed by atoms with van der Waals surface area (Å²) >= 11 is 4.43. The average Bonchev–Trinajstić information content (AvgIpc) is 2.18. The third-order valence-corrected chi connectivity index (χ3v) is 3.97. The Labute approximate surface area is 100 Å². The highest BCUT2D eigenvalue weighted by molar-refractivity contribution is 7.80. The average molecular weight is 230 g/mol. The van der Waals surface area contributed by atoms with Gasteiger partial charge in [-0.05, 0) is 29.9 Å². The smallest absolute Gasteiger partial charge is 0.0575 e. The van der Waals surface area contributed by atoms with Gasteiger partial charge in [-0.2, -0.15) is 12.6 Å². The maximum atomic E-state index is 6.01. The fourth-order valence-electron chi connectivity index (χ4n) is 2.06. The van der Waals surface area contributed by atoms with Crippen LogP contribution in [0, 0.1) is 11.3 Å². The highest BCUT2D eigenvalue weighted by Crippen LogP contribution is 2.29. The number of hydrogen-bond donors (Lipinski definition) is 1. The van der Waals surface area contributed by atoms with E-state index in [1.165, 1.54) is 32.1 Å². The van der Waals surface area contributed by atoms with E-state index in [1.807, 2.05) is 0 Å². The van der Waals surface area contributed by atoms with Crippen LogP contribution in [0.1, 0.15) is 52.9 Å². The summed E-state index contributed by atoms with van der Waals surface area (Å²) in [6.07, 6.45) is 7.17. The van der Waals surface area contributed by atoms with Crippen molar-refractivity contribution < 1.29 is 4.74 Å². The van der Waals surface area contributed by atoms with Crippen LogP contribution in [0.25, 0.3) is 0 Å². The van der Waals surface area contributed by atoms with Gasteiger partial charge in [-0.25, -0.2) is 0 Å². The molecule has 0 aliphatic heterocycles. The summed E-state index contributed by atoms with van der Waals surface area (Å²) < 4.78 is 6.01. The lowest BCUT2D eigenvalue weighted by atomic mass is 9.82. The van der Waals surface area contributed by atoms with Crippen LogP contribution in [0.3, 0.4) is 0 Å². The van der Waals surface area contributed by atoms with Crippen molar-refractivity contribution in [2.45, 2.75) is 59.0 Å². The van der Waals surface area contributed by atoms with E-state index in [-0.39, 0.29) is 0 Å². The minimum absolute atomic E-state index is 0.316. The number of thiol groups is 1. The largest absolute Gasteiger partial charge is 0.378 e. The van der Waals surface area contributed by atoms with Gasteiger partial charge in [0.2, 0.25) is 0 Å². The number of ether oxygens (including phenoxy) is 1. The summed E-state index contributed by atoms with van der Waals surface area (Å²) in [6.45, 7) is 7.71. The van der Waals surface area contributed by atoms with Crippen molar-refractivity contribution in [3.63, 3.8) is 0 Å². The second kappa shape index (κ2) is 6.15. The Kier molecular flexibility index (Phi) is 5.48. The van der Waals surface area contributed by atoms with E-state index in [2.05, 4.69) is 33.4 Å². The van der Waals surface area contributed by atoms with Gasteiger partial charge < -0.3 is 4.74 Å². The lowest BCUT2D eigenvalue weighted by Gasteiger charge is -2.31. The summed E-state index contributed by atoms with van der Waals surface area (Å²) in [4.78, 5) is 0. The first-order valence-electron chi connectivity index (χ1n) is 6.26. The van der Waals surface area contributed by atoms with Gasteiger partial charge in [0.25, 0.3) is 0 Å². The molecular formula is C13H26OS. The molecule has 1 unspecified atom stereocenters. The molecule has 1 atom stereocenters. The van der Waals surface area contributed by atoms with Crippen LogP contribution in [-0.4, -0.2) is 18.5 Å². The molecule has 1 saturated carbocycles. The van der Waals surface area contributed by atoms with Gasteiger partial charge in [0.05, 0.1) is 12.7 Å². The van der Waals surface area contributed by atoms with E-state index >= 15 is 0 Å². The van der Waals surface area contributed by atoms with Crippen LogP contribution in [0.15, 0.2) is 0 Å².